The molecule has 30 heavy (non-hydrogen) atoms. The van der Waals surface area contributed by atoms with Crippen LogP contribution in [-0.4, -0.2) is 50.0 Å². The van der Waals surface area contributed by atoms with Gasteiger partial charge in [0.25, 0.3) is 17.5 Å². The van der Waals surface area contributed by atoms with Crippen LogP contribution in [0.15, 0.2) is 22.5 Å². The van der Waals surface area contributed by atoms with Gasteiger partial charge in [-0.25, -0.2) is 0 Å². The molecular weight excluding hydrogens is 430 g/mol. The van der Waals surface area contributed by atoms with Gasteiger partial charge in [-0.15, -0.1) is 10.2 Å². The summed E-state index contributed by atoms with van der Waals surface area (Å²) in [7, 11) is 0. The molecule has 0 saturated heterocycles. The summed E-state index contributed by atoms with van der Waals surface area (Å²) >= 11 is 2.88. The number of carbonyl (C=O) groups is 3. The average Bonchev–Trinajstić information content (AvgIpc) is 3.25. The molecule has 0 spiro atoms. The van der Waals surface area contributed by atoms with E-state index in [9.17, 15) is 24.5 Å². The summed E-state index contributed by atoms with van der Waals surface area (Å²) < 4.78 is 0.800. The zero-order chi connectivity index (χ0) is 21.7. The SMILES string of the molecule is CCSc1nnc(NC(=O)CCCCCN2C(=O)c3cccc([N+](=O)[O-])c3C2=O)s1. The van der Waals surface area contributed by atoms with Crippen LogP contribution in [0.4, 0.5) is 10.8 Å². The van der Waals surface area contributed by atoms with E-state index in [1.165, 1.54) is 29.5 Å². The number of hydrogen-bond acceptors (Lipinski definition) is 9. The third-order valence-electron chi connectivity index (χ3n) is 4.38. The van der Waals surface area contributed by atoms with Crippen molar-refractivity contribution < 1.29 is 19.3 Å². The molecule has 158 valence electrons. The van der Waals surface area contributed by atoms with Gasteiger partial charge in [-0.05, 0) is 24.7 Å². The van der Waals surface area contributed by atoms with Crippen LogP contribution >= 0.6 is 23.1 Å². The number of fused-ring (bicyclic) bond motifs is 1. The van der Waals surface area contributed by atoms with E-state index in [2.05, 4.69) is 15.5 Å². The minimum atomic E-state index is -0.659. The van der Waals surface area contributed by atoms with E-state index in [1.54, 1.807) is 11.8 Å². The number of nitrogens with one attached hydrogen (secondary N) is 1. The number of anilines is 1. The molecule has 2 heterocycles. The zero-order valence-corrected chi connectivity index (χ0v) is 17.8. The number of thioether (sulfide) groups is 1. The lowest BCUT2D eigenvalue weighted by Gasteiger charge is -2.13. The van der Waals surface area contributed by atoms with E-state index in [0.29, 0.717) is 24.4 Å². The van der Waals surface area contributed by atoms with Gasteiger partial charge < -0.3 is 5.32 Å². The Kier molecular flexibility index (Phi) is 7.11. The Morgan fingerprint density at radius 1 is 1.23 bits per heavy atom. The van der Waals surface area contributed by atoms with E-state index in [1.807, 2.05) is 6.92 Å². The van der Waals surface area contributed by atoms with Crippen molar-refractivity contribution in [2.45, 2.75) is 36.9 Å². The largest absolute Gasteiger partial charge is 0.301 e. The minimum Gasteiger partial charge on any atom is -0.301 e. The monoisotopic (exact) mass is 449 g/mol. The highest BCUT2D eigenvalue weighted by Crippen LogP contribution is 2.31. The topological polar surface area (TPSA) is 135 Å². The van der Waals surface area contributed by atoms with Crippen LogP contribution in [0.2, 0.25) is 0 Å². The van der Waals surface area contributed by atoms with Crippen molar-refractivity contribution in [3.8, 4) is 0 Å². The Hall–Kier alpha value is -2.86. The van der Waals surface area contributed by atoms with Crippen molar-refractivity contribution in [3.05, 3.63) is 39.4 Å². The summed E-state index contributed by atoms with van der Waals surface area (Å²) in [5.41, 5.74) is -0.446. The molecule has 3 rings (SSSR count). The Morgan fingerprint density at radius 3 is 2.77 bits per heavy atom. The first-order valence-electron chi connectivity index (χ1n) is 9.32. The Balaban J connectivity index is 1.44. The van der Waals surface area contributed by atoms with Crippen molar-refractivity contribution in [2.75, 3.05) is 17.6 Å². The molecule has 1 N–H and O–H groups in total. The van der Waals surface area contributed by atoms with Crippen molar-refractivity contribution in [2.24, 2.45) is 0 Å². The summed E-state index contributed by atoms with van der Waals surface area (Å²) in [4.78, 5) is 48.4. The highest BCUT2D eigenvalue weighted by Gasteiger charge is 2.40. The number of imide groups is 1. The number of hydrogen-bond donors (Lipinski definition) is 1. The van der Waals surface area contributed by atoms with E-state index >= 15 is 0 Å². The van der Waals surface area contributed by atoms with Gasteiger partial charge in [0.05, 0.1) is 10.5 Å². The van der Waals surface area contributed by atoms with Gasteiger partial charge >= 0.3 is 0 Å². The summed E-state index contributed by atoms with van der Waals surface area (Å²) in [5, 5.41) is 22.2. The fourth-order valence-corrected chi connectivity index (χ4v) is 4.69. The molecule has 1 aromatic carbocycles. The van der Waals surface area contributed by atoms with Gasteiger partial charge in [-0.3, -0.25) is 29.4 Å². The second-order valence-electron chi connectivity index (χ2n) is 6.38. The molecule has 1 aliphatic heterocycles. The lowest BCUT2D eigenvalue weighted by atomic mass is 10.1. The van der Waals surface area contributed by atoms with Crippen LogP contribution in [0.3, 0.4) is 0 Å². The minimum absolute atomic E-state index is 0.0613. The van der Waals surface area contributed by atoms with E-state index in [-0.39, 0.29) is 35.7 Å². The molecule has 1 aliphatic rings. The fraction of sp³-hybridized carbons (Fsp3) is 0.389. The maximum atomic E-state index is 12.5. The van der Waals surface area contributed by atoms with Gasteiger partial charge in [0.15, 0.2) is 4.34 Å². The van der Waals surface area contributed by atoms with Crippen LogP contribution in [0, 0.1) is 10.1 Å². The summed E-state index contributed by atoms with van der Waals surface area (Å²) in [6.45, 7) is 2.16. The summed E-state index contributed by atoms with van der Waals surface area (Å²) in [6.07, 6.45) is 1.98. The van der Waals surface area contributed by atoms with Gasteiger partial charge in [0.2, 0.25) is 11.0 Å². The van der Waals surface area contributed by atoms with Gasteiger partial charge in [0.1, 0.15) is 5.56 Å². The number of rotatable bonds is 10. The maximum absolute atomic E-state index is 12.5. The normalized spacial score (nSPS) is 12.9. The molecule has 0 saturated carbocycles. The quantitative estimate of drug-likeness (QED) is 0.146. The number of unbranched alkanes of at least 4 members (excludes halogenated alkanes) is 2. The number of aromatic nitrogens is 2. The molecule has 3 amide bonds. The number of nitro groups is 1. The molecule has 0 fully saturated rings. The zero-order valence-electron chi connectivity index (χ0n) is 16.1. The van der Waals surface area contributed by atoms with E-state index in [0.717, 1.165) is 15.0 Å². The second-order valence-corrected chi connectivity index (χ2v) is 8.87. The summed E-state index contributed by atoms with van der Waals surface area (Å²) in [5.74, 6) is -0.454. The molecular formula is C18H19N5O5S2. The van der Waals surface area contributed by atoms with Crippen molar-refractivity contribution in [1.29, 1.82) is 0 Å². The van der Waals surface area contributed by atoms with Crippen molar-refractivity contribution in [1.82, 2.24) is 15.1 Å². The lowest BCUT2D eigenvalue weighted by molar-refractivity contribution is -0.385. The van der Waals surface area contributed by atoms with Crippen LogP contribution in [0.25, 0.3) is 0 Å². The first kappa shape index (κ1) is 21.8. The molecule has 10 nitrogen and oxygen atoms in total. The maximum Gasteiger partial charge on any atom is 0.282 e. The Bertz CT molecular complexity index is 993. The molecule has 1 aromatic heterocycles. The number of carbonyl (C=O) groups excluding carboxylic acids is 3. The predicted octanol–water partition coefficient (Wildman–Crippen LogP) is 3.35. The average molecular weight is 450 g/mol. The van der Waals surface area contributed by atoms with Gasteiger partial charge in [0, 0.05) is 19.0 Å². The smallest absolute Gasteiger partial charge is 0.282 e. The number of benzene rings is 1. The third-order valence-corrected chi connectivity index (χ3v) is 6.23. The molecule has 0 atom stereocenters. The highest BCUT2D eigenvalue weighted by atomic mass is 32.2. The highest BCUT2D eigenvalue weighted by molar-refractivity contribution is 8.01. The Morgan fingerprint density at radius 2 is 2.03 bits per heavy atom. The molecule has 0 unspecified atom stereocenters. The van der Waals surface area contributed by atoms with Gasteiger partial charge in [-0.2, -0.15) is 0 Å². The van der Waals surface area contributed by atoms with Crippen molar-refractivity contribution in [3.63, 3.8) is 0 Å². The van der Waals surface area contributed by atoms with Crippen LogP contribution in [0.5, 0.6) is 0 Å². The fourth-order valence-electron chi connectivity index (χ4n) is 3.03. The first-order chi connectivity index (χ1) is 14.4. The molecule has 0 aliphatic carbocycles. The summed E-state index contributed by atoms with van der Waals surface area (Å²) in [6, 6.07) is 4.03. The standard InChI is InChI=1S/C18H19N5O5S2/c1-2-29-18-21-20-17(30-18)19-13(24)9-4-3-5-10-22-15(25)11-7-6-8-12(23(27)28)14(11)16(22)26/h6-8H,2-5,9-10H2,1H3,(H,19,20,24). The number of nitro benzene ring substituents is 1. The van der Waals surface area contributed by atoms with Crippen LogP contribution in [0.1, 0.15) is 53.3 Å². The molecule has 2 aromatic rings. The van der Waals surface area contributed by atoms with E-state index < -0.39 is 16.7 Å². The molecule has 0 bridgehead atoms. The van der Waals surface area contributed by atoms with Crippen LogP contribution in [-0.2, 0) is 4.79 Å². The number of nitrogens with zero attached hydrogens (tertiary/aromatic N) is 4. The Labute approximate surface area is 180 Å². The van der Waals surface area contributed by atoms with Crippen molar-refractivity contribution >= 4 is 51.6 Å². The predicted molar refractivity (Wildman–Crippen MR) is 112 cm³/mol. The number of amides is 3. The molecule has 12 heteroatoms. The first-order valence-corrected chi connectivity index (χ1v) is 11.1. The van der Waals surface area contributed by atoms with Gasteiger partial charge in [-0.1, -0.05) is 42.5 Å². The third kappa shape index (κ3) is 4.82. The molecule has 0 radical (unpaired) electrons. The van der Waals surface area contributed by atoms with Crippen LogP contribution < -0.4 is 5.32 Å². The van der Waals surface area contributed by atoms with E-state index in [4.69, 9.17) is 0 Å². The lowest BCUT2D eigenvalue weighted by Crippen LogP contribution is -2.30. The second kappa shape index (κ2) is 9.76.